The van der Waals surface area contributed by atoms with Gasteiger partial charge in [0.1, 0.15) is 11.6 Å². The quantitative estimate of drug-likeness (QED) is 0.301. The molecule has 3 aromatic carbocycles. The first-order valence-electron chi connectivity index (χ1n) is 12.0. The Hall–Kier alpha value is -3.60. The number of ether oxygens (including phenoxy) is 1. The molecule has 1 aromatic heterocycles. The second kappa shape index (κ2) is 10.6. The Bertz CT molecular complexity index is 1290. The van der Waals surface area contributed by atoms with Crippen LogP contribution in [0.2, 0.25) is 0 Å². The van der Waals surface area contributed by atoms with Gasteiger partial charge in [0, 0.05) is 12.1 Å². The van der Waals surface area contributed by atoms with Gasteiger partial charge in [0.25, 0.3) is 5.91 Å². The van der Waals surface area contributed by atoms with Crippen LogP contribution < -0.4 is 10.1 Å². The van der Waals surface area contributed by atoms with Crippen molar-refractivity contribution in [1.29, 1.82) is 0 Å². The third kappa shape index (κ3) is 5.14. The van der Waals surface area contributed by atoms with Crippen LogP contribution in [-0.2, 0) is 6.54 Å². The number of amides is 1. The number of unbranched alkanes of at least 4 members (excludes halogenated alkanes) is 1. The minimum Gasteiger partial charge on any atom is -0.493 e. The maximum Gasteiger partial charge on any atom is 0.252 e. The maximum atomic E-state index is 12.9. The molecule has 5 heteroatoms. The molecule has 0 bridgehead atoms. The standard InChI is InChI=1S/C29H33N3O2/c1-20-13-11-17-27(22(20)3)34-19-10-9-18-32-26-16-8-7-15-25(26)31-28(32)23(4)30-29(33)24-14-6-5-12-21(24)2/h5-8,11-17,23H,9-10,18-19H2,1-4H3,(H,30,33). The van der Waals surface area contributed by atoms with Crippen molar-refractivity contribution in [2.24, 2.45) is 0 Å². The van der Waals surface area contributed by atoms with E-state index in [-0.39, 0.29) is 11.9 Å². The highest BCUT2D eigenvalue weighted by atomic mass is 16.5. The fourth-order valence-electron chi connectivity index (χ4n) is 4.26. The summed E-state index contributed by atoms with van der Waals surface area (Å²) in [4.78, 5) is 17.8. The summed E-state index contributed by atoms with van der Waals surface area (Å²) in [5, 5.41) is 3.14. The van der Waals surface area contributed by atoms with Crippen LogP contribution in [0.4, 0.5) is 0 Å². The molecular weight excluding hydrogens is 422 g/mol. The van der Waals surface area contributed by atoms with Crippen molar-refractivity contribution in [3.05, 3.63) is 94.8 Å². The normalized spacial score (nSPS) is 12.0. The average Bonchev–Trinajstić information content (AvgIpc) is 3.20. The minimum absolute atomic E-state index is 0.0777. The predicted molar refractivity (Wildman–Crippen MR) is 137 cm³/mol. The number of nitrogens with one attached hydrogen (secondary N) is 1. The van der Waals surface area contributed by atoms with Crippen molar-refractivity contribution in [1.82, 2.24) is 14.9 Å². The van der Waals surface area contributed by atoms with Crippen molar-refractivity contribution >= 4 is 16.9 Å². The van der Waals surface area contributed by atoms with Crippen LogP contribution in [0.25, 0.3) is 11.0 Å². The highest BCUT2D eigenvalue weighted by Gasteiger charge is 2.19. The van der Waals surface area contributed by atoms with Crippen molar-refractivity contribution < 1.29 is 9.53 Å². The second-order valence-corrected chi connectivity index (χ2v) is 8.87. The molecule has 1 unspecified atom stereocenters. The van der Waals surface area contributed by atoms with E-state index in [1.807, 2.05) is 68.4 Å². The molecule has 0 saturated heterocycles. The number of carbonyl (C=O) groups excluding carboxylic acids is 1. The van der Waals surface area contributed by atoms with Gasteiger partial charge in [-0.05, 0) is 81.5 Å². The number of hydrogen-bond donors (Lipinski definition) is 1. The van der Waals surface area contributed by atoms with E-state index >= 15 is 0 Å². The minimum atomic E-state index is -0.217. The molecular formula is C29H33N3O2. The van der Waals surface area contributed by atoms with Crippen LogP contribution in [0, 0.1) is 20.8 Å². The Morgan fingerprint density at radius 3 is 2.50 bits per heavy atom. The number of carbonyl (C=O) groups is 1. The van der Waals surface area contributed by atoms with Gasteiger partial charge in [-0.15, -0.1) is 0 Å². The Balaban J connectivity index is 1.44. The Kier molecular flexibility index (Phi) is 7.31. The zero-order chi connectivity index (χ0) is 24.1. The van der Waals surface area contributed by atoms with Crippen LogP contribution in [0.5, 0.6) is 5.75 Å². The van der Waals surface area contributed by atoms with Crippen molar-refractivity contribution in [2.45, 2.75) is 53.1 Å². The molecule has 0 saturated carbocycles. The Morgan fingerprint density at radius 1 is 0.941 bits per heavy atom. The van der Waals surface area contributed by atoms with Crippen molar-refractivity contribution in [3.63, 3.8) is 0 Å². The summed E-state index contributed by atoms with van der Waals surface area (Å²) in [6.07, 6.45) is 1.89. The SMILES string of the molecule is Cc1ccccc1C(=O)NC(C)c1nc2ccccc2n1CCCCOc1cccc(C)c1C. The molecule has 0 aliphatic heterocycles. The highest BCUT2D eigenvalue weighted by molar-refractivity contribution is 5.95. The first-order valence-corrected chi connectivity index (χ1v) is 12.0. The lowest BCUT2D eigenvalue weighted by molar-refractivity contribution is 0.0937. The molecule has 0 aliphatic rings. The Labute approximate surface area is 201 Å². The molecule has 34 heavy (non-hydrogen) atoms. The molecule has 1 N–H and O–H groups in total. The fourth-order valence-corrected chi connectivity index (χ4v) is 4.26. The molecule has 0 fully saturated rings. The Morgan fingerprint density at radius 2 is 1.68 bits per heavy atom. The molecule has 1 heterocycles. The second-order valence-electron chi connectivity index (χ2n) is 8.87. The number of hydrogen-bond acceptors (Lipinski definition) is 3. The van der Waals surface area contributed by atoms with Gasteiger partial charge >= 0.3 is 0 Å². The predicted octanol–water partition coefficient (Wildman–Crippen LogP) is 6.31. The number of benzene rings is 3. The van der Waals surface area contributed by atoms with Gasteiger partial charge in [0.05, 0.1) is 23.7 Å². The number of rotatable bonds is 9. The van der Waals surface area contributed by atoms with Gasteiger partial charge < -0.3 is 14.6 Å². The van der Waals surface area contributed by atoms with Crippen LogP contribution in [0.1, 0.15) is 58.7 Å². The maximum absolute atomic E-state index is 12.9. The topological polar surface area (TPSA) is 56.2 Å². The monoisotopic (exact) mass is 455 g/mol. The number of imidazole rings is 1. The number of fused-ring (bicyclic) bond motifs is 1. The molecule has 0 radical (unpaired) electrons. The largest absolute Gasteiger partial charge is 0.493 e. The molecule has 1 atom stereocenters. The van der Waals surface area contributed by atoms with Gasteiger partial charge in [-0.3, -0.25) is 4.79 Å². The van der Waals surface area contributed by atoms with E-state index < -0.39 is 0 Å². The third-order valence-corrected chi connectivity index (χ3v) is 6.40. The van der Waals surface area contributed by atoms with E-state index in [2.05, 4.69) is 35.9 Å². The number of aromatic nitrogens is 2. The lowest BCUT2D eigenvalue weighted by Gasteiger charge is -2.17. The van der Waals surface area contributed by atoms with E-state index in [0.29, 0.717) is 12.2 Å². The van der Waals surface area contributed by atoms with Gasteiger partial charge in [-0.2, -0.15) is 0 Å². The summed E-state index contributed by atoms with van der Waals surface area (Å²) in [6.45, 7) is 9.64. The molecule has 1 amide bonds. The molecule has 4 aromatic rings. The van der Waals surface area contributed by atoms with Gasteiger partial charge in [-0.1, -0.05) is 42.5 Å². The van der Waals surface area contributed by atoms with Gasteiger partial charge in [0.2, 0.25) is 0 Å². The van der Waals surface area contributed by atoms with E-state index in [9.17, 15) is 4.79 Å². The zero-order valence-corrected chi connectivity index (χ0v) is 20.5. The smallest absolute Gasteiger partial charge is 0.252 e. The summed E-state index contributed by atoms with van der Waals surface area (Å²) in [6, 6.07) is 21.7. The zero-order valence-electron chi connectivity index (χ0n) is 20.5. The third-order valence-electron chi connectivity index (χ3n) is 6.40. The van der Waals surface area contributed by atoms with Crippen LogP contribution in [-0.4, -0.2) is 22.1 Å². The molecule has 176 valence electrons. The number of nitrogens with zero attached hydrogens (tertiary/aromatic N) is 2. The summed E-state index contributed by atoms with van der Waals surface area (Å²) in [5.74, 6) is 1.76. The molecule has 5 nitrogen and oxygen atoms in total. The van der Waals surface area contributed by atoms with E-state index in [1.54, 1.807) is 0 Å². The average molecular weight is 456 g/mol. The highest BCUT2D eigenvalue weighted by Crippen LogP contribution is 2.23. The number of aryl methyl sites for hydroxylation is 3. The lowest BCUT2D eigenvalue weighted by atomic mass is 10.1. The first-order chi connectivity index (χ1) is 16.5. The molecule has 0 aliphatic carbocycles. The van der Waals surface area contributed by atoms with Crippen molar-refractivity contribution in [2.75, 3.05) is 6.61 Å². The molecule has 4 rings (SSSR count). The van der Waals surface area contributed by atoms with Gasteiger partial charge in [-0.25, -0.2) is 4.98 Å². The lowest BCUT2D eigenvalue weighted by Crippen LogP contribution is -2.29. The fraction of sp³-hybridized carbons (Fsp3) is 0.310. The van der Waals surface area contributed by atoms with Crippen molar-refractivity contribution in [3.8, 4) is 5.75 Å². The summed E-state index contributed by atoms with van der Waals surface area (Å²) in [5.41, 5.74) is 6.13. The first kappa shape index (κ1) is 23.6. The van der Waals surface area contributed by atoms with E-state index in [0.717, 1.165) is 47.6 Å². The molecule has 0 spiro atoms. The summed E-state index contributed by atoms with van der Waals surface area (Å²) >= 11 is 0. The van der Waals surface area contributed by atoms with Crippen LogP contribution >= 0.6 is 0 Å². The van der Waals surface area contributed by atoms with Crippen LogP contribution in [0.3, 0.4) is 0 Å². The van der Waals surface area contributed by atoms with Gasteiger partial charge in [0.15, 0.2) is 0 Å². The summed E-state index contributed by atoms with van der Waals surface area (Å²) < 4.78 is 8.27. The number of para-hydroxylation sites is 2. The summed E-state index contributed by atoms with van der Waals surface area (Å²) in [7, 11) is 0. The van der Waals surface area contributed by atoms with E-state index in [1.165, 1.54) is 11.1 Å². The van der Waals surface area contributed by atoms with E-state index in [4.69, 9.17) is 9.72 Å². The van der Waals surface area contributed by atoms with Crippen LogP contribution in [0.15, 0.2) is 66.7 Å².